The Morgan fingerprint density at radius 3 is 1.18 bits per heavy atom. The van der Waals surface area contributed by atoms with Crippen LogP contribution in [0.3, 0.4) is 0 Å². The Morgan fingerprint density at radius 1 is 0.403 bits per heavy atom. The zero-order valence-electron chi connectivity index (χ0n) is 38.2. The van der Waals surface area contributed by atoms with E-state index in [0.717, 1.165) is 28.3 Å². The number of rotatable bonds is 24. The van der Waals surface area contributed by atoms with Crippen LogP contribution in [0, 0.1) is 0 Å². The minimum absolute atomic E-state index is 0.358. The molecule has 0 atom stereocenters. The van der Waals surface area contributed by atoms with Gasteiger partial charge in [-0.05, 0) is 59.7 Å². The van der Waals surface area contributed by atoms with Crippen molar-refractivity contribution in [2.75, 3.05) is 72.7 Å². The second kappa shape index (κ2) is 22.6. The molecule has 0 spiro atoms. The van der Waals surface area contributed by atoms with E-state index in [1.807, 2.05) is 30.5 Å². The summed E-state index contributed by atoms with van der Waals surface area (Å²) in [4.78, 5) is 0. The lowest BCUT2D eigenvalue weighted by molar-refractivity contribution is -0.617. The molecular weight excluding hydrogens is 843 g/mol. The first kappa shape index (κ1) is 45.4. The first-order valence-electron chi connectivity index (χ1n) is 23.0. The van der Waals surface area contributed by atoms with Crippen molar-refractivity contribution >= 4 is 43.6 Å². The number of aromatic nitrogens is 5. The molecule has 3 aromatic heterocycles. The number of para-hydroxylation sites is 4. The standard InChI is InChI=1S/C55H57N5O7/c1-58-50-15-7-3-11-46(50)54(47-12-4-8-16-51(47)58)41-19-23-44(24-20-41)66-37-35-63-30-29-61-28-27-60-39-43(56-57-60)40-65-34-33-62-31-32-64-36-38-67-45-25-21-42(22-26-45)55-48-13-5-9-17-52(48)59(2)53-18-10-6-14-49(53)55/h3-26,39H,27-38,40H2,1-2H3/q+2. The van der Waals surface area contributed by atoms with Gasteiger partial charge in [0.2, 0.25) is 22.1 Å². The van der Waals surface area contributed by atoms with E-state index in [1.165, 1.54) is 54.7 Å². The zero-order valence-corrected chi connectivity index (χ0v) is 38.2. The third-order valence-corrected chi connectivity index (χ3v) is 11.8. The summed E-state index contributed by atoms with van der Waals surface area (Å²) in [5, 5.41) is 13.3. The Kier molecular flexibility index (Phi) is 15.3. The summed E-state index contributed by atoms with van der Waals surface area (Å²) in [7, 11) is 4.25. The Bertz CT molecular complexity index is 2920. The SMILES string of the molecule is C[n+]1c2ccccc2c(-c2ccc(OCCOCCOCCOCc3cn(CCOCCOCCOc4ccc(-c5c6ccccc6[n+](C)c6ccccc56)cc4)nn3)cc2)c2ccccc21. The zero-order chi connectivity index (χ0) is 45.6. The monoisotopic (exact) mass is 899 g/mol. The number of aryl methyl sites for hydroxylation is 2. The lowest BCUT2D eigenvalue weighted by Gasteiger charge is -2.12. The minimum atomic E-state index is 0.358. The van der Waals surface area contributed by atoms with Gasteiger partial charge in [0, 0.05) is 35.4 Å². The molecular formula is C55H57N5O7+2. The number of pyridine rings is 2. The van der Waals surface area contributed by atoms with Gasteiger partial charge in [-0.2, -0.15) is 9.13 Å². The van der Waals surface area contributed by atoms with Crippen LogP contribution < -0.4 is 18.6 Å². The van der Waals surface area contributed by atoms with Crippen molar-refractivity contribution in [2.24, 2.45) is 14.1 Å². The third kappa shape index (κ3) is 11.1. The Morgan fingerprint density at radius 2 is 0.761 bits per heavy atom. The van der Waals surface area contributed by atoms with E-state index in [9.17, 15) is 0 Å². The Labute approximate surface area is 390 Å². The second-order valence-corrected chi connectivity index (χ2v) is 16.2. The fourth-order valence-electron chi connectivity index (χ4n) is 8.56. The van der Waals surface area contributed by atoms with E-state index in [0.29, 0.717) is 85.8 Å². The molecule has 0 aliphatic carbocycles. The molecule has 6 aromatic carbocycles. The lowest BCUT2D eigenvalue weighted by atomic mass is 9.96. The van der Waals surface area contributed by atoms with Crippen LogP contribution in [0.2, 0.25) is 0 Å². The Hall–Kier alpha value is -6.80. The van der Waals surface area contributed by atoms with Crippen LogP contribution in [0.15, 0.2) is 152 Å². The molecule has 0 saturated carbocycles. The summed E-state index contributed by atoms with van der Waals surface area (Å²) < 4.78 is 46.8. The van der Waals surface area contributed by atoms with Crippen molar-refractivity contribution in [1.29, 1.82) is 0 Å². The highest BCUT2D eigenvalue weighted by Gasteiger charge is 2.20. The molecule has 0 amide bonds. The van der Waals surface area contributed by atoms with Gasteiger partial charge in [-0.3, -0.25) is 0 Å². The van der Waals surface area contributed by atoms with Gasteiger partial charge in [-0.15, -0.1) is 5.10 Å². The highest BCUT2D eigenvalue weighted by molar-refractivity contribution is 6.08. The van der Waals surface area contributed by atoms with Gasteiger partial charge in [-0.1, -0.05) is 78.0 Å². The summed E-state index contributed by atoms with van der Waals surface area (Å²) in [5.41, 5.74) is 10.3. The molecule has 342 valence electrons. The summed E-state index contributed by atoms with van der Waals surface area (Å²) in [6.45, 7) is 6.11. The molecule has 3 heterocycles. The molecule has 67 heavy (non-hydrogen) atoms. The van der Waals surface area contributed by atoms with Crippen LogP contribution >= 0.6 is 0 Å². The van der Waals surface area contributed by atoms with Gasteiger partial charge in [0.1, 0.15) is 44.5 Å². The summed E-state index contributed by atoms with van der Waals surface area (Å²) in [5.74, 6) is 1.62. The highest BCUT2D eigenvalue weighted by atomic mass is 16.6. The normalized spacial score (nSPS) is 11.6. The van der Waals surface area contributed by atoms with E-state index in [4.69, 9.17) is 33.2 Å². The lowest BCUT2D eigenvalue weighted by Crippen LogP contribution is -2.30. The number of hydrogen-bond donors (Lipinski definition) is 0. The van der Waals surface area contributed by atoms with Crippen molar-refractivity contribution in [3.63, 3.8) is 0 Å². The molecule has 0 bridgehead atoms. The largest absolute Gasteiger partial charge is 0.491 e. The van der Waals surface area contributed by atoms with E-state index >= 15 is 0 Å². The van der Waals surface area contributed by atoms with Crippen LogP contribution in [0.4, 0.5) is 0 Å². The predicted octanol–water partition coefficient (Wildman–Crippen LogP) is 8.61. The van der Waals surface area contributed by atoms with Crippen LogP contribution in [0.25, 0.3) is 65.9 Å². The average Bonchev–Trinajstić information content (AvgIpc) is 3.83. The average molecular weight is 900 g/mol. The summed E-state index contributed by atoms with van der Waals surface area (Å²) in [6.07, 6.45) is 1.87. The maximum Gasteiger partial charge on any atom is 0.213 e. The number of benzene rings is 6. The quantitative estimate of drug-likeness (QED) is 0.0335. The van der Waals surface area contributed by atoms with Gasteiger partial charge in [-0.25, -0.2) is 4.68 Å². The molecule has 0 radical (unpaired) electrons. The van der Waals surface area contributed by atoms with Gasteiger partial charge in [0.25, 0.3) is 0 Å². The van der Waals surface area contributed by atoms with Gasteiger partial charge in [0.15, 0.2) is 0 Å². The topological polar surface area (TPSA) is 103 Å². The molecule has 0 fully saturated rings. The molecule has 0 aliphatic rings. The number of hydrogen-bond acceptors (Lipinski definition) is 9. The summed E-state index contributed by atoms with van der Waals surface area (Å²) in [6, 6.07) is 50.8. The number of fused-ring (bicyclic) bond motifs is 4. The predicted molar refractivity (Wildman–Crippen MR) is 260 cm³/mol. The van der Waals surface area contributed by atoms with Crippen LogP contribution in [0.5, 0.6) is 11.5 Å². The van der Waals surface area contributed by atoms with Crippen molar-refractivity contribution in [1.82, 2.24) is 15.0 Å². The first-order valence-corrected chi connectivity index (χ1v) is 23.0. The maximum atomic E-state index is 5.97. The molecule has 0 N–H and O–H groups in total. The van der Waals surface area contributed by atoms with Crippen molar-refractivity contribution in [3.05, 3.63) is 157 Å². The molecule has 0 unspecified atom stereocenters. The van der Waals surface area contributed by atoms with E-state index < -0.39 is 0 Å². The highest BCUT2D eigenvalue weighted by Crippen LogP contribution is 2.36. The summed E-state index contributed by atoms with van der Waals surface area (Å²) >= 11 is 0. The number of nitrogens with zero attached hydrogens (tertiary/aromatic N) is 5. The molecule has 0 aliphatic heterocycles. The molecule has 9 rings (SSSR count). The maximum absolute atomic E-state index is 5.97. The first-order chi connectivity index (χ1) is 33.1. The van der Waals surface area contributed by atoms with E-state index in [-0.39, 0.29) is 0 Å². The van der Waals surface area contributed by atoms with Crippen molar-refractivity contribution in [3.8, 4) is 33.8 Å². The number of ether oxygens (including phenoxy) is 7. The van der Waals surface area contributed by atoms with Gasteiger partial charge >= 0.3 is 0 Å². The fraction of sp³-hybridized carbons (Fsp3) is 0.273. The van der Waals surface area contributed by atoms with Crippen molar-refractivity contribution < 1.29 is 42.3 Å². The van der Waals surface area contributed by atoms with E-state index in [2.05, 4.69) is 155 Å². The smallest absolute Gasteiger partial charge is 0.213 e. The molecule has 0 saturated heterocycles. The fourth-order valence-corrected chi connectivity index (χ4v) is 8.56. The Balaban J connectivity index is 0.584. The molecule has 12 heteroatoms. The van der Waals surface area contributed by atoms with E-state index in [1.54, 1.807) is 4.68 Å². The molecule has 9 aromatic rings. The minimum Gasteiger partial charge on any atom is -0.491 e. The third-order valence-electron chi connectivity index (χ3n) is 11.8. The second-order valence-electron chi connectivity index (χ2n) is 16.2. The van der Waals surface area contributed by atoms with Gasteiger partial charge in [0.05, 0.1) is 100 Å². The van der Waals surface area contributed by atoms with Crippen molar-refractivity contribution in [2.45, 2.75) is 13.2 Å². The van der Waals surface area contributed by atoms with Crippen LogP contribution in [-0.4, -0.2) is 87.7 Å². The van der Waals surface area contributed by atoms with Crippen LogP contribution in [-0.2, 0) is 50.9 Å². The van der Waals surface area contributed by atoms with Gasteiger partial charge < -0.3 is 33.2 Å². The van der Waals surface area contributed by atoms with Crippen LogP contribution in [0.1, 0.15) is 5.69 Å². The molecule has 12 nitrogen and oxygen atoms in total.